The van der Waals surface area contributed by atoms with Gasteiger partial charge in [0.05, 0.1) is 16.6 Å². The summed E-state index contributed by atoms with van der Waals surface area (Å²) < 4.78 is 15.1. The van der Waals surface area contributed by atoms with Gasteiger partial charge in [-0.15, -0.1) is 0 Å². The second-order valence-corrected chi connectivity index (χ2v) is 6.05. The molecule has 1 aliphatic rings. The molecule has 0 fully saturated rings. The Morgan fingerprint density at radius 1 is 1.17 bits per heavy atom. The summed E-state index contributed by atoms with van der Waals surface area (Å²) >= 11 is 0. The van der Waals surface area contributed by atoms with E-state index in [1.165, 1.54) is 18.2 Å². The van der Waals surface area contributed by atoms with Gasteiger partial charge in [0.15, 0.2) is 18.1 Å². The Labute approximate surface area is 166 Å². The normalized spacial score (nSPS) is 12.0. The maximum atomic E-state index is 11.8. The molecule has 0 bridgehead atoms. The molecule has 0 unspecified atom stereocenters. The Morgan fingerprint density at radius 2 is 1.90 bits per heavy atom. The number of ether oxygens (including phenoxy) is 3. The van der Waals surface area contributed by atoms with Crippen molar-refractivity contribution in [1.29, 1.82) is 0 Å². The van der Waals surface area contributed by atoms with Gasteiger partial charge >= 0.3 is 5.97 Å². The number of nitrogens with one attached hydrogen (secondary N) is 1. The first-order valence-corrected chi connectivity index (χ1v) is 8.76. The molecule has 0 radical (unpaired) electrons. The monoisotopic (exact) mass is 398 g/mol. The summed E-state index contributed by atoms with van der Waals surface area (Å²) in [7, 11) is 0. The van der Waals surface area contributed by atoms with Gasteiger partial charge in [-0.25, -0.2) is 4.79 Å². The molecule has 150 valence electrons. The fourth-order valence-electron chi connectivity index (χ4n) is 2.62. The van der Waals surface area contributed by atoms with Gasteiger partial charge < -0.3 is 19.5 Å². The van der Waals surface area contributed by atoms with Gasteiger partial charge in [0, 0.05) is 12.6 Å². The zero-order valence-corrected chi connectivity index (χ0v) is 15.3. The SMILES string of the molecule is O=C(COC(=O)/C=C/c1cc2c(cc1[N+](=O)[O-])OCO2)NCCc1ccccc1. The molecular formula is C20H18N2O7. The molecule has 0 atom stereocenters. The predicted octanol–water partition coefficient (Wildman–Crippen LogP) is 2.24. The fourth-order valence-corrected chi connectivity index (χ4v) is 2.62. The van der Waals surface area contributed by atoms with Crippen LogP contribution in [0.2, 0.25) is 0 Å². The highest BCUT2D eigenvalue weighted by Gasteiger charge is 2.22. The number of esters is 1. The molecule has 3 rings (SSSR count). The molecule has 1 N–H and O–H groups in total. The number of hydrogen-bond donors (Lipinski definition) is 1. The number of nitro benzene ring substituents is 1. The lowest BCUT2D eigenvalue weighted by molar-refractivity contribution is -0.385. The highest BCUT2D eigenvalue weighted by Crippen LogP contribution is 2.38. The number of fused-ring (bicyclic) bond motifs is 1. The van der Waals surface area contributed by atoms with Crippen LogP contribution in [0.3, 0.4) is 0 Å². The first-order chi connectivity index (χ1) is 14.0. The van der Waals surface area contributed by atoms with Crippen LogP contribution in [0.25, 0.3) is 6.08 Å². The third kappa shape index (κ3) is 5.55. The third-order valence-electron chi connectivity index (χ3n) is 4.04. The molecule has 1 aliphatic heterocycles. The Morgan fingerprint density at radius 3 is 2.62 bits per heavy atom. The summed E-state index contributed by atoms with van der Waals surface area (Å²) in [6.07, 6.45) is 2.91. The van der Waals surface area contributed by atoms with E-state index in [1.54, 1.807) is 0 Å². The number of carbonyl (C=O) groups is 2. The lowest BCUT2D eigenvalue weighted by Crippen LogP contribution is -2.30. The van der Waals surface area contributed by atoms with E-state index in [4.69, 9.17) is 14.2 Å². The van der Waals surface area contributed by atoms with Crippen LogP contribution in [0.5, 0.6) is 11.5 Å². The van der Waals surface area contributed by atoms with Crippen LogP contribution in [0.15, 0.2) is 48.5 Å². The van der Waals surface area contributed by atoms with Crippen LogP contribution in [0, 0.1) is 10.1 Å². The number of nitrogens with zero attached hydrogens (tertiary/aromatic N) is 1. The lowest BCUT2D eigenvalue weighted by Gasteiger charge is -2.05. The van der Waals surface area contributed by atoms with Crippen molar-refractivity contribution in [1.82, 2.24) is 5.32 Å². The quantitative estimate of drug-likeness (QED) is 0.314. The predicted molar refractivity (Wildman–Crippen MR) is 102 cm³/mol. The molecular weight excluding hydrogens is 380 g/mol. The van der Waals surface area contributed by atoms with E-state index in [2.05, 4.69) is 5.32 Å². The molecule has 29 heavy (non-hydrogen) atoms. The van der Waals surface area contributed by atoms with E-state index in [-0.39, 0.29) is 23.8 Å². The maximum absolute atomic E-state index is 11.8. The molecule has 0 saturated heterocycles. The Balaban J connectivity index is 1.48. The Bertz CT molecular complexity index is 941. The van der Waals surface area contributed by atoms with Crippen LogP contribution in [-0.4, -0.2) is 36.7 Å². The van der Waals surface area contributed by atoms with Gasteiger partial charge in [-0.3, -0.25) is 14.9 Å². The molecule has 0 saturated carbocycles. The first-order valence-electron chi connectivity index (χ1n) is 8.76. The van der Waals surface area contributed by atoms with Gasteiger partial charge in [-0.2, -0.15) is 0 Å². The summed E-state index contributed by atoms with van der Waals surface area (Å²) in [6.45, 7) is -0.0537. The van der Waals surface area contributed by atoms with Crippen LogP contribution >= 0.6 is 0 Å². The maximum Gasteiger partial charge on any atom is 0.331 e. The zero-order valence-electron chi connectivity index (χ0n) is 15.3. The van der Waals surface area contributed by atoms with Crippen molar-refractivity contribution in [2.45, 2.75) is 6.42 Å². The topological polar surface area (TPSA) is 117 Å². The zero-order chi connectivity index (χ0) is 20.6. The molecule has 9 heteroatoms. The van der Waals surface area contributed by atoms with Gasteiger partial charge in [0.2, 0.25) is 6.79 Å². The second kappa shape index (κ2) is 9.36. The van der Waals surface area contributed by atoms with E-state index >= 15 is 0 Å². The van der Waals surface area contributed by atoms with Crippen molar-refractivity contribution in [3.05, 3.63) is 69.8 Å². The van der Waals surface area contributed by atoms with E-state index in [9.17, 15) is 19.7 Å². The van der Waals surface area contributed by atoms with E-state index in [0.717, 1.165) is 11.6 Å². The van der Waals surface area contributed by atoms with Crippen LogP contribution in [0.4, 0.5) is 5.69 Å². The van der Waals surface area contributed by atoms with E-state index in [1.807, 2.05) is 30.3 Å². The van der Waals surface area contributed by atoms with Crippen LogP contribution in [-0.2, 0) is 20.7 Å². The number of nitro groups is 1. The molecule has 9 nitrogen and oxygen atoms in total. The molecule has 0 aliphatic carbocycles. The van der Waals surface area contributed by atoms with Gasteiger partial charge in [-0.1, -0.05) is 30.3 Å². The van der Waals surface area contributed by atoms with E-state index < -0.39 is 23.4 Å². The molecule has 1 heterocycles. The van der Waals surface area contributed by atoms with Crippen molar-refractivity contribution in [2.24, 2.45) is 0 Å². The summed E-state index contributed by atoms with van der Waals surface area (Å²) in [5.74, 6) is -0.614. The molecule has 1 amide bonds. The smallest absolute Gasteiger partial charge is 0.331 e. The highest BCUT2D eigenvalue weighted by atomic mass is 16.7. The van der Waals surface area contributed by atoms with Crippen LogP contribution < -0.4 is 14.8 Å². The Kier molecular flexibility index (Phi) is 6.41. The molecule has 2 aromatic carbocycles. The number of amides is 1. The van der Waals surface area contributed by atoms with Crippen molar-refractivity contribution in [2.75, 3.05) is 19.9 Å². The molecule has 2 aromatic rings. The number of rotatable bonds is 8. The van der Waals surface area contributed by atoms with Crippen molar-refractivity contribution < 1.29 is 28.7 Å². The summed E-state index contributed by atoms with van der Waals surface area (Å²) in [5.41, 5.74) is 0.999. The standard InChI is InChI=1S/C20H18N2O7/c23-19(21-9-8-14-4-2-1-3-5-14)12-27-20(24)7-6-15-10-17-18(29-13-28-17)11-16(15)22(25)26/h1-7,10-11H,8-9,12-13H2,(H,21,23)/b7-6+. The summed E-state index contributed by atoms with van der Waals surface area (Å²) in [4.78, 5) is 34.2. The lowest BCUT2D eigenvalue weighted by atomic mass is 10.1. The second-order valence-electron chi connectivity index (χ2n) is 6.05. The number of benzene rings is 2. The van der Waals surface area contributed by atoms with Crippen LogP contribution in [0.1, 0.15) is 11.1 Å². The van der Waals surface area contributed by atoms with Crippen molar-refractivity contribution in [3.63, 3.8) is 0 Å². The van der Waals surface area contributed by atoms with Gasteiger partial charge in [0.25, 0.3) is 11.6 Å². The third-order valence-corrected chi connectivity index (χ3v) is 4.04. The summed E-state index contributed by atoms with van der Waals surface area (Å²) in [5, 5.41) is 13.8. The van der Waals surface area contributed by atoms with Gasteiger partial charge in [0.1, 0.15) is 0 Å². The van der Waals surface area contributed by atoms with Crippen molar-refractivity contribution in [3.8, 4) is 11.5 Å². The minimum Gasteiger partial charge on any atom is -0.454 e. The minimum atomic E-state index is -0.796. The van der Waals surface area contributed by atoms with E-state index in [0.29, 0.717) is 18.7 Å². The van der Waals surface area contributed by atoms with Gasteiger partial charge in [-0.05, 0) is 24.1 Å². The average molecular weight is 398 g/mol. The Hall–Kier alpha value is -3.88. The molecule has 0 spiro atoms. The minimum absolute atomic E-state index is 0.0267. The number of carbonyl (C=O) groups excluding carboxylic acids is 2. The largest absolute Gasteiger partial charge is 0.454 e. The first kappa shape index (κ1) is 19.9. The highest BCUT2D eigenvalue weighted by molar-refractivity contribution is 5.90. The summed E-state index contributed by atoms with van der Waals surface area (Å²) in [6, 6.07) is 12.3. The molecule has 0 aromatic heterocycles. The number of hydrogen-bond acceptors (Lipinski definition) is 7. The van der Waals surface area contributed by atoms with Crippen molar-refractivity contribution >= 4 is 23.6 Å². The fraction of sp³-hybridized carbons (Fsp3) is 0.200. The average Bonchev–Trinajstić information content (AvgIpc) is 3.18.